The van der Waals surface area contributed by atoms with Gasteiger partial charge >= 0.3 is 0 Å². The van der Waals surface area contributed by atoms with Crippen molar-refractivity contribution in [1.29, 1.82) is 0 Å². The molecule has 4 heteroatoms. The molecule has 1 aliphatic rings. The van der Waals surface area contributed by atoms with Crippen LogP contribution in [0.25, 0.3) is 0 Å². The van der Waals surface area contributed by atoms with Crippen molar-refractivity contribution in [1.82, 2.24) is 10.2 Å². The van der Waals surface area contributed by atoms with E-state index in [-0.39, 0.29) is 17.3 Å². The highest BCUT2D eigenvalue weighted by atomic mass is 19.1. The molecule has 122 valence electrons. The molecule has 22 heavy (non-hydrogen) atoms. The van der Waals surface area contributed by atoms with Crippen LogP contribution >= 0.6 is 0 Å². The fourth-order valence-electron chi connectivity index (χ4n) is 3.25. The van der Waals surface area contributed by atoms with E-state index < -0.39 is 0 Å². The molecule has 0 unspecified atom stereocenters. The highest BCUT2D eigenvalue weighted by Gasteiger charge is 2.33. The summed E-state index contributed by atoms with van der Waals surface area (Å²) in [6, 6.07) is 4.65. The molecule has 0 radical (unpaired) electrons. The van der Waals surface area contributed by atoms with Crippen LogP contribution in [0.5, 0.6) is 0 Å². The van der Waals surface area contributed by atoms with Crippen molar-refractivity contribution in [2.45, 2.75) is 51.0 Å². The van der Waals surface area contributed by atoms with Crippen LogP contribution in [0.1, 0.15) is 54.4 Å². The van der Waals surface area contributed by atoms with Gasteiger partial charge < -0.3 is 10.2 Å². The Labute approximate surface area is 132 Å². The Morgan fingerprint density at radius 3 is 2.41 bits per heavy atom. The molecule has 0 aliphatic heterocycles. The van der Waals surface area contributed by atoms with Gasteiger partial charge in [0.05, 0.1) is 0 Å². The maximum Gasteiger partial charge on any atom is 0.251 e. The smallest absolute Gasteiger partial charge is 0.251 e. The van der Waals surface area contributed by atoms with Gasteiger partial charge in [0, 0.05) is 17.6 Å². The summed E-state index contributed by atoms with van der Waals surface area (Å²) < 4.78 is 13.6. The van der Waals surface area contributed by atoms with Crippen LogP contribution in [0.3, 0.4) is 0 Å². The minimum atomic E-state index is -0.329. The van der Waals surface area contributed by atoms with Gasteiger partial charge in [-0.2, -0.15) is 0 Å². The molecule has 0 aromatic heterocycles. The predicted molar refractivity (Wildman–Crippen MR) is 87.6 cm³/mol. The van der Waals surface area contributed by atoms with Crippen LogP contribution in [-0.2, 0) is 0 Å². The fourth-order valence-corrected chi connectivity index (χ4v) is 3.25. The molecule has 1 aromatic rings. The van der Waals surface area contributed by atoms with E-state index in [2.05, 4.69) is 24.3 Å². The Balaban J connectivity index is 2.05. The summed E-state index contributed by atoms with van der Waals surface area (Å²) in [4.78, 5) is 14.5. The predicted octanol–water partition coefficient (Wildman–Crippen LogP) is 3.52. The summed E-state index contributed by atoms with van der Waals surface area (Å²) in [5.74, 6) is -0.520. The zero-order valence-corrected chi connectivity index (χ0v) is 13.9. The first-order valence-electron chi connectivity index (χ1n) is 8.16. The van der Waals surface area contributed by atoms with Crippen LogP contribution in [0, 0.1) is 12.7 Å². The zero-order valence-electron chi connectivity index (χ0n) is 13.9. The van der Waals surface area contributed by atoms with Gasteiger partial charge in [-0.25, -0.2) is 4.39 Å². The van der Waals surface area contributed by atoms with Gasteiger partial charge in [0.2, 0.25) is 0 Å². The van der Waals surface area contributed by atoms with Crippen LogP contribution in [-0.4, -0.2) is 37.0 Å². The van der Waals surface area contributed by atoms with E-state index in [9.17, 15) is 9.18 Å². The molecule has 1 saturated carbocycles. The molecule has 1 aromatic carbocycles. The number of aryl methyl sites for hydroxylation is 1. The highest BCUT2D eigenvalue weighted by Crippen LogP contribution is 2.30. The average Bonchev–Trinajstić information content (AvgIpc) is 2.74. The summed E-state index contributed by atoms with van der Waals surface area (Å²) in [5, 5.41) is 3.02. The van der Waals surface area contributed by atoms with E-state index >= 15 is 0 Å². The van der Waals surface area contributed by atoms with Crippen LogP contribution in [0.2, 0.25) is 0 Å². The quantitative estimate of drug-likeness (QED) is 0.863. The number of nitrogens with zero attached hydrogens (tertiary/aromatic N) is 1. The number of hydrogen-bond acceptors (Lipinski definition) is 2. The number of likely N-dealkylation sites (N-methyl/N-ethyl adjacent to an activating group) is 1. The molecule has 0 bridgehead atoms. The SMILES string of the molecule is Cc1ccc(C(=O)NCC2(N(C)C)CCCCCC2)cc1F. The van der Waals surface area contributed by atoms with Crippen molar-refractivity contribution in [3.05, 3.63) is 35.1 Å². The second-order valence-corrected chi connectivity index (χ2v) is 6.68. The molecule has 2 rings (SSSR count). The summed E-state index contributed by atoms with van der Waals surface area (Å²) in [7, 11) is 4.17. The van der Waals surface area contributed by atoms with Crippen LogP contribution in [0.15, 0.2) is 18.2 Å². The van der Waals surface area contributed by atoms with E-state index in [0.29, 0.717) is 17.7 Å². The number of carbonyl (C=O) groups excluding carboxylic acids is 1. The lowest BCUT2D eigenvalue weighted by molar-refractivity contribution is 0.0868. The maximum atomic E-state index is 13.6. The summed E-state index contributed by atoms with van der Waals surface area (Å²) in [5.41, 5.74) is 0.978. The second kappa shape index (κ2) is 7.23. The number of nitrogens with one attached hydrogen (secondary N) is 1. The van der Waals surface area contributed by atoms with Crippen molar-refractivity contribution in [2.24, 2.45) is 0 Å². The van der Waals surface area contributed by atoms with Gasteiger partial charge in [0.15, 0.2) is 0 Å². The average molecular weight is 306 g/mol. The lowest BCUT2D eigenvalue weighted by Crippen LogP contribution is -2.52. The van der Waals surface area contributed by atoms with E-state index in [4.69, 9.17) is 0 Å². The molecule has 1 aliphatic carbocycles. The first-order valence-corrected chi connectivity index (χ1v) is 8.16. The Bertz CT molecular complexity index is 520. The van der Waals surface area contributed by atoms with Crippen molar-refractivity contribution >= 4 is 5.91 Å². The van der Waals surface area contributed by atoms with Gasteiger partial charge in [0.25, 0.3) is 5.91 Å². The van der Waals surface area contributed by atoms with Crippen LogP contribution in [0.4, 0.5) is 4.39 Å². The van der Waals surface area contributed by atoms with E-state index in [1.165, 1.54) is 31.7 Å². The summed E-state index contributed by atoms with van der Waals surface area (Å²) in [6.07, 6.45) is 7.14. The first-order chi connectivity index (χ1) is 10.4. The normalized spacial score (nSPS) is 18.0. The highest BCUT2D eigenvalue weighted by molar-refractivity contribution is 5.94. The number of carbonyl (C=O) groups is 1. The summed E-state index contributed by atoms with van der Waals surface area (Å²) >= 11 is 0. The van der Waals surface area contributed by atoms with Crippen molar-refractivity contribution in [2.75, 3.05) is 20.6 Å². The van der Waals surface area contributed by atoms with E-state index in [0.717, 1.165) is 12.8 Å². The van der Waals surface area contributed by atoms with Crippen LogP contribution < -0.4 is 5.32 Å². The lowest BCUT2D eigenvalue weighted by Gasteiger charge is -2.39. The third kappa shape index (κ3) is 3.86. The Morgan fingerprint density at radius 2 is 1.86 bits per heavy atom. The van der Waals surface area contributed by atoms with E-state index in [1.54, 1.807) is 19.1 Å². The molecule has 0 spiro atoms. The van der Waals surface area contributed by atoms with Gasteiger partial charge in [-0.3, -0.25) is 4.79 Å². The largest absolute Gasteiger partial charge is 0.350 e. The Kier molecular flexibility index (Phi) is 5.57. The maximum absolute atomic E-state index is 13.6. The van der Waals surface area contributed by atoms with E-state index in [1.807, 2.05) is 0 Å². The number of hydrogen-bond donors (Lipinski definition) is 1. The molecule has 1 fully saturated rings. The number of amides is 1. The topological polar surface area (TPSA) is 32.3 Å². The summed E-state index contributed by atoms with van der Waals surface area (Å²) in [6.45, 7) is 2.32. The minimum absolute atomic E-state index is 0.0232. The first kappa shape index (κ1) is 16.9. The Hall–Kier alpha value is -1.42. The van der Waals surface area contributed by atoms with Crippen molar-refractivity contribution in [3.63, 3.8) is 0 Å². The monoisotopic (exact) mass is 306 g/mol. The molecular weight excluding hydrogens is 279 g/mol. The molecule has 1 amide bonds. The second-order valence-electron chi connectivity index (χ2n) is 6.68. The standard InChI is InChI=1S/C18H27FN2O/c1-14-8-9-15(12-16(14)19)17(22)20-13-18(21(2)3)10-6-4-5-7-11-18/h8-9,12H,4-7,10-11,13H2,1-3H3,(H,20,22). The zero-order chi connectivity index (χ0) is 16.2. The minimum Gasteiger partial charge on any atom is -0.350 e. The Morgan fingerprint density at radius 1 is 1.23 bits per heavy atom. The number of halogens is 1. The fraction of sp³-hybridized carbons (Fsp3) is 0.611. The van der Waals surface area contributed by atoms with Gasteiger partial charge in [-0.15, -0.1) is 0 Å². The van der Waals surface area contributed by atoms with Crippen molar-refractivity contribution in [3.8, 4) is 0 Å². The molecule has 0 saturated heterocycles. The van der Waals surface area contributed by atoms with Gasteiger partial charge in [0.1, 0.15) is 5.82 Å². The molecule has 3 nitrogen and oxygen atoms in total. The third-order valence-corrected chi connectivity index (χ3v) is 4.99. The van der Waals surface area contributed by atoms with Gasteiger partial charge in [-0.05, 0) is 51.6 Å². The third-order valence-electron chi connectivity index (χ3n) is 4.99. The number of rotatable bonds is 4. The molecule has 0 atom stereocenters. The molecular formula is C18H27FN2O. The molecule has 1 N–H and O–H groups in total. The number of benzene rings is 1. The van der Waals surface area contributed by atoms with Crippen molar-refractivity contribution < 1.29 is 9.18 Å². The molecule has 0 heterocycles. The van der Waals surface area contributed by atoms with Gasteiger partial charge in [-0.1, -0.05) is 31.7 Å². The lowest BCUT2D eigenvalue weighted by atomic mass is 9.88.